The number of carbonyl (C=O) groups is 3. The van der Waals surface area contributed by atoms with Gasteiger partial charge in [0, 0.05) is 24.0 Å². The Morgan fingerprint density at radius 3 is 2.10 bits per heavy atom. The first-order valence-corrected chi connectivity index (χ1v) is 20.4. The lowest BCUT2D eigenvalue weighted by Gasteiger charge is -2.29. The number of fused-ring (bicyclic) bond motifs is 4. The number of H-pyrrole nitrogens is 2. The predicted molar refractivity (Wildman–Crippen MR) is 229 cm³/mol. The van der Waals surface area contributed by atoms with Crippen molar-refractivity contribution in [1.29, 1.82) is 0 Å². The summed E-state index contributed by atoms with van der Waals surface area (Å²) in [6.07, 6.45) is 4.62. The molecule has 300 valence electrons. The summed E-state index contributed by atoms with van der Waals surface area (Å²) in [5, 5.41) is 7.10. The second-order valence-electron chi connectivity index (χ2n) is 16.1. The fraction of sp³-hybridized carbons (Fsp3) is 0.298. The van der Waals surface area contributed by atoms with Gasteiger partial charge in [-0.15, -0.1) is 0 Å². The molecule has 2 aliphatic rings. The number of nitrogens with two attached hydrogens (primary N) is 1. The largest absolute Gasteiger partial charge is 0.453 e. The number of amides is 3. The SMILES string of the molecule is COC(=O)N[C@H](C(=O)N1CCC[C@H]1c1nc2ccc3cc(-c4ccc5cc(-c6cnc([C@@H]7CCCN7C(=O)[C@H](N)c7ccccc7)[nH]6)ccc5c4)ccc3c2[nH]1)C(C)C. The zero-order valence-electron chi connectivity index (χ0n) is 33.4. The number of ether oxygens (including phenoxy) is 1. The average molecular weight is 789 g/mol. The Bertz CT molecular complexity index is 2710. The molecule has 9 rings (SSSR count). The number of aromatic amines is 2. The monoisotopic (exact) mass is 788 g/mol. The summed E-state index contributed by atoms with van der Waals surface area (Å²) in [5.41, 5.74) is 13.2. The molecule has 7 aromatic rings. The summed E-state index contributed by atoms with van der Waals surface area (Å²) in [6.45, 7) is 5.09. The Morgan fingerprint density at radius 2 is 1.39 bits per heavy atom. The van der Waals surface area contributed by atoms with Gasteiger partial charge in [-0.25, -0.2) is 14.8 Å². The molecule has 2 saturated heterocycles. The summed E-state index contributed by atoms with van der Waals surface area (Å²) in [5.74, 6) is 1.22. The summed E-state index contributed by atoms with van der Waals surface area (Å²) in [6, 6.07) is 31.3. The second-order valence-corrected chi connectivity index (χ2v) is 16.1. The number of hydrogen-bond acceptors (Lipinski definition) is 7. The van der Waals surface area contributed by atoms with Gasteiger partial charge >= 0.3 is 6.09 Å². The van der Waals surface area contributed by atoms with Gasteiger partial charge in [0.15, 0.2) is 0 Å². The zero-order valence-corrected chi connectivity index (χ0v) is 33.4. The molecule has 2 aromatic heterocycles. The first-order chi connectivity index (χ1) is 28.7. The maximum atomic E-state index is 13.7. The number of aromatic nitrogens is 4. The second kappa shape index (κ2) is 15.7. The van der Waals surface area contributed by atoms with Crippen molar-refractivity contribution < 1.29 is 19.1 Å². The Balaban J connectivity index is 0.927. The summed E-state index contributed by atoms with van der Waals surface area (Å²) < 4.78 is 4.79. The standard InChI is InChI=1S/C47H48N8O4/c1-27(2)41(53-47(58)59-3)46(57)55-22-8-12-39(55)44-50-36-20-18-33-24-32(17-19-35(33)42(36)52-44)29-13-14-31-25-34(16-15-30(31)23-29)37-26-49-43(51-37)38-11-7-21-54(38)45(56)40(48)28-9-5-4-6-10-28/h4-6,9-10,13-20,23-27,38-41H,7-8,11-12,21-22,48H2,1-3H3,(H,49,51)(H,50,52)(H,53,58)/t38-,39-,40+,41-/m0/s1. The normalized spacial score (nSPS) is 17.9. The van der Waals surface area contributed by atoms with Crippen molar-refractivity contribution >= 4 is 50.5 Å². The van der Waals surface area contributed by atoms with Gasteiger partial charge in [0.05, 0.1) is 42.1 Å². The van der Waals surface area contributed by atoms with Crippen LogP contribution in [0, 0.1) is 5.92 Å². The Kier molecular flexibility index (Phi) is 10.1. The minimum atomic E-state index is -0.705. The van der Waals surface area contributed by atoms with Crippen molar-refractivity contribution in [3.05, 3.63) is 120 Å². The van der Waals surface area contributed by atoms with Crippen LogP contribution in [-0.2, 0) is 14.3 Å². The summed E-state index contributed by atoms with van der Waals surface area (Å²) in [7, 11) is 1.30. The number of hydrogen-bond donors (Lipinski definition) is 4. The molecular formula is C47H48N8O4. The molecule has 4 atom stereocenters. The number of likely N-dealkylation sites (tertiary alicyclic amines) is 2. The van der Waals surface area contributed by atoms with Gasteiger partial charge in [-0.2, -0.15) is 0 Å². The van der Waals surface area contributed by atoms with Crippen molar-refractivity contribution in [1.82, 2.24) is 35.1 Å². The molecule has 3 amide bonds. The summed E-state index contributed by atoms with van der Waals surface area (Å²) in [4.78, 5) is 59.7. The zero-order chi connectivity index (χ0) is 40.8. The van der Waals surface area contributed by atoms with Crippen molar-refractivity contribution in [2.75, 3.05) is 20.2 Å². The number of benzene rings is 5. The molecule has 59 heavy (non-hydrogen) atoms. The molecule has 2 fully saturated rings. The van der Waals surface area contributed by atoms with Crippen LogP contribution in [0.1, 0.15) is 74.9 Å². The molecule has 0 bridgehead atoms. The van der Waals surface area contributed by atoms with E-state index in [1.54, 1.807) is 0 Å². The third-order valence-electron chi connectivity index (χ3n) is 12.1. The lowest BCUT2D eigenvalue weighted by atomic mass is 9.97. The van der Waals surface area contributed by atoms with E-state index in [9.17, 15) is 14.4 Å². The first kappa shape index (κ1) is 38.0. The number of imidazole rings is 2. The van der Waals surface area contributed by atoms with Gasteiger partial charge in [0.1, 0.15) is 23.7 Å². The molecule has 0 saturated carbocycles. The molecule has 12 nitrogen and oxygen atoms in total. The Morgan fingerprint density at radius 1 is 0.763 bits per heavy atom. The van der Waals surface area contributed by atoms with Crippen molar-refractivity contribution in [3.8, 4) is 22.4 Å². The lowest BCUT2D eigenvalue weighted by molar-refractivity contribution is -0.135. The van der Waals surface area contributed by atoms with Crippen LogP contribution in [-0.4, -0.2) is 73.9 Å². The Hall–Kier alpha value is -6.53. The third kappa shape index (κ3) is 7.18. The van der Waals surface area contributed by atoms with Gasteiger partial charge in [-0.3, -0.25) is 9.59 Å². The topological polar surface area (TPSA) is 162 Å². The minimum absolute atomic E-state index is 0.0813. The fourth-order valence-corrected chi connectivity index (χ4v) is 8.90. The number of alkyl carbamates (subject to hydrolysis) is 1. The highest BCUT2D eigenvalue weighted by Gasteiger charge is 2.38. The molecule has 12 heteroatoms. The molecular weight excluding hydrogens is 741 g/mol. The number of nitrogens with one attached hydrogen (secondary N) is 3. The van der Waals surface area contributed by atoms with Crippen LogP contribution in [0.25, 0.3) is 55.0 Å². The molecule has 4 heterocycles. The highest BCUT2D eigenvalue weighted by atomic mass is 16.5. The number of methoxy groups -OCH3 is 1. The number of nitrogens with zero attached hydrogens (tertiary/aromatic N) is 4. The predicted octanol–water partition coefficient (Wildman–Crippen LogP) is 8.33. The number of rotatable bonds is 9. The molecule has 5 aromatic carbocycles. The number of carbonyl (C=O) groups excluding carboxylic acids is 3. The molecule has 0 radical (unpaired) electrons. The molecule has 0 unspecified atom stereocenters. The van der Waals surface area contributed by atoms with Gasteiger partial charge < -0.3 is 35.6 Å². The van der Waals surface area contributed by atoms with Crippen LogP contribution in [0.3, 0.4) is 0 Å². The van der Waals surface area contributed by atoms with E-state index in [1.165, 1.54) is 7.11 Å². The molecule has 5 N–H and O–H groups in total. The maximum absolute atomic E-state index is 13.7. The Labute approximate surface area is 342 Å². The smallest absolute Gasteiger partial charge is 0.407 e. The van der Waals surface area contributed by atoms with Crippen LogP contribution in [0.2, 0.25) is 0 Å². The third-order valence-corrected chi connectivity index (χ3v) is 12.1. The summed E-state index contributed by atoms with van der Waals surface area (Å²) >= 11 is 0. The van der Waals surface area contributed by atoms with Gasteiger partial charge in [-0.05, 0) is 88.7 Å². The van der Waals surface area contributed by atoms with E-state index in [2.05, 4.69) is 75.9 Å². The maximum Gasteiger partial charge on any atom is 0.407 e. The van der Waals surface area contributed by atoms with E-state index >= 15 is 0 Å². The van der Waals surface area contributed by atoms with Crippen LogP contribution in [0.5, 0.6) is 0 Å². The quantitative estimate of drug-likeness (QED) is 0.114. The van der Waals surface area contributed by atoms with E-state index in [4.69, 9.17) is 20.4 Å². The lowest BCUT2D eigenvalue weighted by Crippen LogP contribution is -2.51. The van der Waals surface area contributed by atoms with E-state index in [1.807, 2.05) is 66.2 Å². The van der Waals surface area contributed by atoms with Crippen molar-refractivity contribution in [3.63, 3.8) is 0 Å². The van der Waals surface area contributed by atoms with E-state index in [-0.39, 0.29) is 29.8 Å². The first-order valence-electron chi connectivity index (χ1n) is 20.4. The fourth-order valence-electron chi connectivity index (χ4n) is 8.90. The van der Waals surface area contributed by atoms with Crippen LogP contribution in [0.15, 0.2) is 103 Å². The molecule has 2 aliphatic heterocycles. The molecule has 0 spiro atoms. The van der Waals surface area contributed by atoms with E-state index in [0.717, 1.165) is 97.9 Å². The van der Waals surface area contributed by atoms with Crippen LogP contribution >= 0.6 is 0 Å². The average Bonchev–Trinajstić information content (AvgIpc) is 4.11. The molecule has 0 aliphatic carbocycles. The van der Waals surface area contributed by atoms with E-state index in [0.29, 0.717) is 13.1 Å². The highest BCUT2D eigenvalue weighted by Crippen LogP contribution is 2.37. The van der Waals surface area contributed by atoms with Crippen molar-refractivity contribution in [2.24, 2.45) is 11.7 Å². The van der Waals surface area contributed by atoms with Gasteiger partial charge in [-0.1, -0.05) is 86.6 Å². The van der Waals surface area contributed by atoms with Crippen molar-refractivity contribution in [2.45, 2.75) is 63.7 Å². The van der Waals surface area contributed by atoms with Gasteiger partial charge in [0.2, 0.25) is 11.8 Å². The van der Waals surface area contributed by atoms with E-state index < -0.39 is 18.2 Å². The minimum Gasteiger partial charge on any atom is -0.453 e. The van der Waals surface area contributed by atoms with Gasteiger partial charge in [0.25, 0.3) is 0 Å². The highest BCUT2D eigenvalue weighted by molar-refractivity contribution is 6.05. The van der Waals surface area contributed by atoms with Crippen LogP contribution in [0.4, 0.5) is 4.79 Å². The van der Waals surface area contributed by atoms with Crippen LogP contribution < -0.4 is 11.1 Å².